The van der Waals surface area contributed by atoms with Gasteiger partial charge in [0.25, 0.3) is 0 Å². The number of rotatable bonds is 6. The minimum atomic E-state index is 0.801. The summed E-state index contributed by atoms with van der Waals surface area (Å²) in [6, 6.07) is 10.6. The van der Waals surface area contributed by atoms with Crippen molar-refractivity contribution in [2.45, 2.75) is 37.8 Å². The van der Waals surface area contributed by atoms with Crippen LogP contribution < -0.4 is 5.32 Å². The van der Waals surface area contributed by atoms with E-state index in [4.69, 9.17) is 0 Å². The van der Waals surface area contributed by atoms with E-state index in [0.29, 0.717) is 0 Å². The van der Waals surface area contributed by atoms with Crippen LogP contribution in [0.15, 0.2) is 35.2 Å². The molecule has 0 unspecified atom stereocenters. The summed E-state index contributed by atoms with van der Waals surface area (Å²) in [5.41, 5.74) is 2.38. The van der Waals surface area contributed by atoms with Gasteiger partial charge < -0.3 is 5.32 Å². The number of aryl methyl sites for hydroxylation is 2. The van der Waals surface area contributed by atoms with E-state index in [1.807, 2.05) is 6.07 Å². The molecule has 0 radical (unpaired) electrons. The summed E-state index contributed by atoms with van der Waals surface area (Å²) in [6.07, 6.45) is 0.934. The van der Waals surface area contributed by atoms with E-state index in [1.165, 1.54) is 10.5 Å². The van der Waals surface area contributed by atoms with Gasteiger partial charge in [-0.05, 0) is 32.4 Å². The van der Waals surface area contributed by atoms with E-state index in [-0.39, 0.29) is 0 Å². The second kappa shape index (κ2) is 7.29. The molecule has 20 heavy (non-hydrogen) atoms. The van der Waals surface area contributed by atoms with Gasteiger partial charge in [-0.1, -0.05) is 24.6 Å². The second-order valence-electron chi connectivity index (χ2n) is 4.65. The third-order valence-corrected chi connectivity index (χ3v) is 3.89. The molecule has 4 heteroatoms. The molecule has 2 aromatic rings. The number of nitrogens with one attached hydrogen (secondary N) is 1. The number of hydrogen-bond acceptors (Lipinski definition) is 4. The van der Waals surface area contributed by atoms with Crippen molar-refractivity contribution in [3.05, 3.63) is 47.4 Å². The Labute approximate surface area is 125 Å². The first-order chi connectivity index (χ1) is 9.71. The second-order valence-corrected chi connectivity index (χ2v) is 5.70. The summed E-state index contributed by atoms with van der Waals surface area (Å²) in [7, 11) is 0. The van der Waals surface area contributed by atoms with Crippen LogP contribution in [-0.2, 0) is 12.2 Å². The molecule has 1 N–H and O–H groups in total. The van der Waals surface area contributed by atoms with Gasteiger partial charge in [0.1, 0.15) is 11.6 Å². The Bertz CT molecular complexity index is 569. The zero-order valence-corrected chi connectivity index (χ0v) is 13.1. The fraction of sp³-hybridized carbons (Fsp3) is 0.375. The monoisotopic (exact) mass is 287 g/mol. The van der Waals surface area contributed by atoms with Gasteiger partial charge in [0, 0.05) is 23.2 Å². The fourth-order valence-electron chi connectivity index (χ4n) is 1.92. The lowest BCUT2D eigenvalue weighted by atomic mass is 10.2. The smallest absolute Gasteiger partial charge is 0.141 e. The minimum absolute atomic E-state index is 0.801. The van der Waals surface area contributed by atoms with E-state index in [0.717, 1.165) is 36.1 Å². The summed E-state index contributed by atoms with van der Waals surface area (Å²) < 4.78 is 0. The van der Waals surface area contributed by atoms with Gasteiger partial charge in [0.15, 0.2) is 0 Å². The Morgan fingerprint density at radius 1 is 1.15 bits per heavy atom. The van der Waals surface area contributed by atoms with Crippen LogP contribution in [0.1, 0.15) is 30.9 Å². The molecule has 0 spiro atoms. The molecule has 0 aliphatic rings. The van der Waals surface area contributed by atoms with Crippen molar-refractivity contribution in [2.24, 2.45) is 0 Å². The van der Waals surface area contributed by atoms with Crippen molar-refractivity contribution in [3.63, 3.8) is 0 Å². The number of anilines is 1. The average Bonchev–Trinajstić information content (AvgIpc) is 2.45. The van der Waals surface area contributed by atoms with E-state index in [9.17, 15) is 0 Å². The van der Waals surface area contributed by atoms with Crippen molar-refractivity contribution in [2.75, 3.05) is 11.9 Å². The number of hydrogen-bond donors (Lipinski definition) is 1. The zero-order valence-electron chi connectivity index (χ0n) is 12.3. The van der Waals surface area contributed by atoms with E-state index >= 15 is 0 Å². The van der Waals surface area contributed by atoms with Gasteiger partial charge in [-0.3, -0.25) is 0 Å². The van der Waals surface area contributed by atoms with Crippen LogP contribution >= 0.6 is 11.8 Å². The third-order valence-electron chi connectivity index (χ3n) is 2.90. The van der Waals surface area contributed by atoms with Gasteiger partial charge in [-0.2, -0.15) is 0 Å². The first-order valence-electron chi connectivity index (χ1n) is 7.01. The predicted molar refractivity (Wildman–Crippen MR) is 86.3 cm³/mol. The Morgan fingerprint density at radius 3 is 2.70 bits per heavy atom. The molecule has 0 saturated heterocycles. The van der Waals surface area contributed by atoms with Crippen LogP contribution in [-0.4, -0.2) is 16.5 Å². The minimum Gasteiger partial charge on any atom is -0.370 e. The molecule has 0 aliphatic carbocycles. The molecule has 1 aromatic carbocycles. The largest absolute Gasteiger partial charge is 0.370 e. The normalized spacial score (nSPS) is 10.6. The molecule has 1 heterocycles. The van der Waals surface area contributed by atoms with Crippen molar-refractivity contribution in [1.82, 2.24) is 9.97 Å². The summed E-state index contributed by atoms with van der Waals surface area (Å²) in [4.78, 5) is 10.4. The molecule has 2 rings (SSSR count). The van der Waals surface area contributed by atoms with Crippen molar-refractivity contribution in [3.8, 4) is 0 Å². The van der Waals surface area contributed by atoms with E-state index in [1.54, 1.807) is 11.8 Å². The highest BCUT2D eigenvalue weighted by Crippen LogP contribution is 2.22. The Morgan fingerprint density at radius 2 is 2.00 bits per heavy atom. The maximum Gasteiger partial charge on any atom is 0.141 e. The van der Waals surface area contributed by atoms with Gasteiger partial charge in [0.2, 0.25) is 0 Å². The molecular formula is C16H21N3S. The summed E-state index contributed by atoms with van der Waals surface area (Å²) in [5.74, 6) is 2.63. The highest BCUT2D eigenvalue weighted by molar-refractivity contribution is 7.98. The lowest BCUT2D eigenvalue weighted by molar-refractivity contribution is 0.936. The predicted octanol–water partition coefficient (Wildman–Crippen LogP) is 4.07. The van der Waals surface area contributed by atoms with E-state index < -0.39 is 0 Å². The molecule has 3 nitrogen and oxygen atoms in total. The van der Waals surface area contributed by atoms with Crippen molar-refractivity contribution >= 4 is 17.6 Å². The topological polar surface area (TPSA) is 37.8 Å². The molecule has 0 saturated carbocycles. The molecule has 106 valence electrons. The van der Waals surface area contributed by atoms with Gasteiger partial charge in [-0.15, -0.1) is 11.8 Å². The van der Waals surface area contributed by atoms with Crippen molar-refractivity contribution in [1.29, 1.82) is 0 Å². The SMILES string of the molecule is CCNc1cc(CC)nc(CSc2cccc(C)c2)n1. The van der Waals surface area contributed by atoms with Crippen LogP contribution in [0.5, 0.6) is 0 Å². The summed E-state index contributed by atoms with van der Waals surface area (Å²) >= 11 is 1.78. The molecule has 0 fully saturated rings. The van der Waals surface area contributed by atoms with Crippen LogP contribution in [0.4, 0.5) is 5.82 Å². The van der Waals surface area contributed by atoms with Crippen LogP contribution in [0, 0.1) is 6.92 Å². The van der Waals surface area contributed by atoms with Crippen LogP contribution in [0.3, 0.4) is 0 Å². The maximum atomic E-state index is 4.60. The zero-order chi connectivity index (χ0) is 14.4. The number of nitrogens with zero attached hydrogens (tertiary/aromatic N) is 2. The molecule has 1 aromatic heterocycles. The first-order valence-corrected chi connectivity index (χ1v) is 8.00. The van der Waals surface area contributed by atoms with Gasteiger partial charge in [-0.25, -0.2) is 9.97 Å². The highest BCUT2D eigenvalue weighted by atomic mass is 32.2. The molecule has 0 atom stereocenters. The lowest BCUT2D eigenvalue weighted by Gasteiger charge is -2.08. The number of benzene rings is 1. The number of thioether (sulfide) groups is 1. The molecule has 0 amide bonds. The van der Waals surface area contributed by atoms with E-state index in [2.05, 4.69) is 60.3 Å². The summed E-state index contributed by atoms with van der Waals surface area (Å²) in [5, 5.41) is 3.27. The molecule has 0 bridgehead atoms. The van der Waals surface area contributed by atoms with Crippen LogP contribution in [0.25, 0.3) is 0 Å². The van der Waals surface area contributed by atoms with Crippen LogP contribution in [0.2, 0.25) is 0 Å². The molecule has 0 aliphatic heterocycles. The highest BCUT2D eigenvalue weighted by Gasteiger charge is 2.04. The Kier molecular flexibility index (Phi) is 5.41. The average molecular weight is 287 g/mol. The quantitative estimate of drug-likeness (QED) is 0.813. The fourth-order valence-corrected chi connectivity index (χ4v) is 2.79. The van der Waals surface area contributed by atoms with Gasteiger partial charge in [0.05, 0.1) is 5.75 Å². The Hall–Kier alpha value is -1.55. The maximum absolute atomic E-state index is 4.60. The van der Waals surface area contributed by atoms with Crippen molar-refractivity contribution < 1.29 is 0 Å². The lowest BCUT2D eigenvalue weighted by Crippen LogP contribution is -2.05. The third kappa shape index (κ3) is 4.23. The Balaban J connectivity index is 2.10. The number of aromatic nitrogens is 2. The molecular weight excluding hydrogens is 266 g/mol. The van der Waals surface area contributed by atoms with Gasteiger partial charge >= 0.3 is 0 Å². The standard InChI is InChI=1S/C16H21N3S/c1-4-13-10-15(17-5-2)19-16(18-13)11-20-14-8-6-7-12(3)9-14/h6-10H,4-5,11H2,1-3H3,(H,17,18,19). The summed E-state index contributed by atoms with van der Waals surface area (Å²) in [6.45, 7) is 7.19. The first kappa shape index (κ1) is 14.9.